The fraction of sp³-hybridized carbons (Fsp3) is 0.286. The van der Waals surface area contributed by atoms with Gasteiger partial charge in [0.15, 0.2) is 0 Å². The van der Waals surface area contributed by atoms with Crippen LogP contribution in [0.4, 0.5) is 5.69 Å². The zero-order valence-electron chi connectivity index (χ0n) is 10.6. The summed E-state index contributed by atoms with van der Waals surface area (Å²) in [4.78, 5) is 2.13. The van der Waals surface area contributed by atoms with Crippen molar-refractivity contribution in [1.82, 2.24) is 0 Å². The minimum Gasteiger partial charge on any atom is -0.467 e. The summed E-state index contributed by atoms with van der Waals surface area (Å²) in [5, 5.41) is 0. The number of hydrogen-bond donors (Lipinski definition) is 1. The zero-order chi connectivity index (χ0) is 13.1. The maximum absolute atomic E-state index is 5.87. The normalized spacial score (nSPS) is 12.4. The first-order valence-corrected chi connectivity index (χ1v) is 6.66. The van der Waals surface area contributed by atoms with Crippen molar-refractivity contribution in [3.8, 4) is 0 Å². The highest BCUT2D eigenvalue weighted by molar-refractivity contribution is 9.10. The minimum absolute atomic E-state index is 0.0470. The lowest BCUT2D eigenvalue weighted by Gasteiger charge is -2.20. The van der Waals surface area contributed by atoms with Crippen molar-refractivity contribution in [2.24, 2.45) is 5.73 Å². The van der Waals surface area contributed by atoms with Crippen LogP contribution >= 0.6 is 15.9 Å². The van der Waals surface area contributed by atoms with Gasteiger partial charge in [-0.3, -0.25) is 0 Å². The Labute approximate surface area is 116 Å². The number of rotatable bonds is 4. The van der Waals surface area contributed by atoms with Gasteiger partial charge in [-0.2, -0.15) is 0 Å². The molecule has 0 aliphatic heterocycles. The van der Waals surface area contributed by atoms with E-state index in [1.54, 1.807) is 6.26 Å². The first kappa shape index (κ1) is 13.2. The third-order valence-electron chi connectivity index (χ3n) is 2.88. The van der Waals surface area contributed by atoms with E-state index >= 15 is 0 Å². The van der Waals surface area contributed by atoms with Crippen molar-refractivity contribution >= 4 is 21.6 Å². The summed E-state index contributed by atoms with van der Waals surface area (Å²) in [5.74, 6) is 0.945. The van der Waals surface area contributed by atoms with Crippen LogP contribution in [0.15, 0.2) is 45.5 Å². The molecule has 2 rings (SSSR count). The molecule has 1 aromatic carbocycles. The van der Waals surface area contributed by atoms with Crippen LogP contribution in [0.1, 0.15) is 24.3 Å². The molecule has 0 saturated heterocycles. The summed E-state index contributed by atoms with van der Waals surface area (Å²) in [6.45, 7) is 2.72. The average Bonchev–Trinajstić information content (AvgIpc) is 2.81. The Hall–Kier alpha value is -1.26. The predicted molar refractivity (Wildman–Crippen MR) is 77.6 cm³/mol. The van der Waals surface area contributed by atoms with Crippen LogP contribution in [-0.2, 0) is 6.54 Å². The van der Waals surface area contributed by atoms with Crippen molar-refractivity contribution in [3.05, 3.63) is 52.4 Å². The summed E-state index contributed by atoms with van der Waals surface area (Å²) in [6, 6.07) is 10.1. The smallest absolute Gasteiger partial charge is 0.123 e. The fourth-order valence-corrected chi connectivity index (χ4v) is 2.54. The van der Waals surface area contributed by atoms with E-state index in [2.05, 4.69) is 39.0 Å². The number of anilines is 1. The van der Waals surface area contributed by atoms with Gasteiger partial charge in [-0.05, 0) is 52.7 Å². The maximum atomic E-state index is 5.87. The number of nitrogens with zero attached hydrogens (tertiary/aromatic N) is 1. The van der Waals surface area contributed by atoms with Gasteiger partial charge in [-0.1, -0.05) is 6.07 Å². The van der Waals surface area contributed by atoms with Crippen LogP contribution in [0.2, 0.25) is 0 Å². The molecule has 96 valence electrons. The van der Waals surface area contributed by atoms with Gasteiger partial charge in [0.05, 0.1) is 18.5 Å². The molecule has 18 heavy (non-hydrogen) atoms. The van der Waals surface area contributed by atoms with Crippen LogP contribution in [0.25, 0.3) is 0 Å². The number of benzene rings is 1. The molecule has 1 heterocycles. The molecule has 0 aliphatic rings. The van der Waals surface area contributed by atoms with Gasteiger partial charge >= 0.3 is 0 Å². The zero-order valence-corrected chi connectivity index (χ0v) is 12.1. The Morgan fingerprint density at radius 1 is 1.39 bits per heavy atom. The average molecular weight is 309 g/mol. The molecule has 0 unspecified atom stereocenters. The molecular weight excluding hydrogens is 292 g/mol. The van der Waals surface area contributed by atoms with Gasteiger partial charge in [0, 0.05) is 17.6 Å². The van der Waals surface area contributed by atoms with E-state index < -0.39 is 0 Å². The van der Waals surface area contributed by atoms with Gasteiger partial charge in [0.25, 0.3) is 0 Å². The SMILES string of the molecule is C[C@@H](N)c1ccc(N(C)Cc2ccco2)c(Br)c1. The number of nitrogens with two attached hydrogens (primary N) is 1. The number of hydrogen-bond acceptors (Lipinski definition) is 3. The molecule has 1 aromatic heterocycles. The van der Waals surface area contributed by atoms with E-state index in [0.29, 0.717) is 0 Å². The van der Waals surface area contributed by atoms with Gasteiger partial charge in [-0.25, -0.2) is 0 Å². The highest BCUT2D eigenvalue weighted by Gasteiger charge is 2.09. The summed E-state index contributed by atoms with van der Waals surface area (Å²) >= 11 is 3.59. The second-order valence-electron chi connectivity index (χ2n) is 4.43. The quantitative estimate of drug-likeness (QED) is 0.936. The molecule has 1 atom stereocenters. The molecule has 4 heteroatoms. The summed E-state index contributed by atoms with van der Waals surface area (Å²) in [6.07, 6.45) is 1.69. The highest BCUT2D eigenvalue weighted by atomic mass is 79.9. The molecule has 0 bridgehead atoms. The van der Waals surface area contributed by atoms with E-state index in [1.807, 2.05) is 26.1 Å². The maximum Gasteiger partial charge on any atom is 0.123 e. The predicted octanol–water partition coefficient (Wildman–Crippen LogP) is 3.70. The second-order valence-corrected chi connectivity index (χ2v) is 5.29. The Bertz CT molecular complexity index is 509. The van der Waals surface area contributed by atoms with Gasteiger partial charge in [0.2, 0.25) is 0 Å². The van der Waals surface area contributed by atoms with Crippen molar-refractivity contribution in [3.63, 3.8) is 0 Å². The summed E-state index contributed by atoms with van der Waals surface area (Å²) in [7, 11) is 2.04. The number of halogens is 1. The first-order valence-electron chi connectivity index (χ1n) is 5.86. The molecule has 0 amide bonds. The molecule has 0 radical (unpaired) electrons. The van der Waals surface area contributed by atoms with Crippen molar-refractivity contribution in [2.75, 3.05) is 11.9 Å². The minimum atomic E-state index is 0.0470. The van der Waals surface area contributed by atoms with E-state index in [0.717, 1.165) is 28.0 Å². The molecular formula is C14H17BrN2O. The third-order valence-corrected chi connectivity index (χ3v) is 3.52. The monoisotopic (exact) mass is 308 g/mol. The Morgan fingerprint density at radius 3 is 2.72 bits per heavy atom. The highest BCUT2D eigenvalue weighted by Crippen LogP contribution is 2.29. The lowest BCUT2D eigenvalue weighted by atomic mass is 10.1. The van der Waals surface area contributed by atoms with Gasteiger partial charge in [0.1, 0.15) is 5.76 Å². The molecule has 0 fully saturated rings. The molecule has 0 aliphatic carbocycles. The molecule has 2 N–H and O–H groups in total. The lowest BCUT2D eigenvalue weighted by molar-refractivity contribution is 0.507. The summed E-state index contributed by atoms with van der Waals surface area (Å²) in [5.41, 5.74) is 8.11. The first-order chi connectivity index (χ1) is 8.58. The molecule has 3 nitrogen and oxygen atoms in total. The molecule has 2 aromatic rings. The fourth-order valence-electron chi connectivity index (χ4n) is 1.84. The Balaban J connectivity index is 2.17. The van der Waals surface area contributed by atoms with Gasteiger partial charge in [-0.15, -0.1) is 0 Å². The Kier molecular flexibility index (Phi) is 4.09. The Morgan fingerprint density at radius 2 is 2.17 bits per heavy atom. The lowest BCUT2D eigenvalue weighted by Crippen LogP contribution is -2.16. The van der Waals surface area contributed by atoms with Crippen LogP contribution in [-0.4, -0.2) is 7.05 Å². The van der Waals surface area contributed by atoms with Crippen LogP contribution < -0.4 is 10.6 Å². The third kappa shape index (κ3) is 2.94. The topological polar surface area (TPSA) is 42.4 Å². The van der Waals surface area contributed by atoms with Crippen molar-refractivity contribution in [2.45, 2.75) is 19.5 Å². The van der Waals surface area contributed by atoms with E-state index in [9.17, 15) is 0 Å². The van der Waals surface area contributed by atoms with Crippen molar-refractivity contribution < 1.29 is 4.42 Å². The van der Waals surface area contributed by atoms with E-state index in [-0.39, 0.29) is 6.04 Å². The van der Waals surface area contributed by atoms with E-state index in [1.165, 1.54) is 0 Å². The van der Waals surface area contributed by atoms with E-state index in [4.69, 9.17) is 10.2 Å². The molecule has 0 saturated carbocycles. The van der Waals surface area contributed by atoms with Crippen LogP contribution in [0, 0.1) is 0 Å². The number of furan rings is 1. The second kappa shape index (κ2) is 5.59. The van der Waals surface area contributed by atoms with Crippen LogP contribution in [0.3, 0.4) is 0 Å². The standard InChI is InChI=1S/C14H17BrN2O/c1-10(16)11-5-6-14(13(15)8-11)17(2)9-12-4-3-7-18-12/h3-8,10H,9,16H2,1-2H3/t10-/m1/s1. The van der Waals surface area contributed by atoms with Crippen LogP contribution in [0.5, 0.6) is 0 Å². The largest absolute Gasteiger partial charge is 0.467 e. The molecule has 0 spiro atoms. The summed E-state index contributed by atoms with van der Waals surface area (Å²) < 4.78 is 6.40. The van der Waals surface area contributed by atoms with Gasteiger partial charge < -0.3 is 15.1 Å². The van der Waals surface area contributed by atoms with Crippen molar-refractivity contribution in [1.29, 1.82) is 0 Å².